The molecule has 0 atom stereocenters. The Morgan fingerprint density at radius 1 is 0.750 bits per heavy atom. The summed E-state index contributed by atoms with van der Waals surface area (Å²) in [6, 6.07) is 0. The van der Waals surface area contributed by atoms with Crippen LogP contribution in [0.5, 0.6) is 0 Å². The Bertz CT molecular complexity index is 493. The fourth-order valence-corrected chi connectivity index (χ4v) is 5.74. The molecule has 4 saturated carbocycles. The Balaban J connectivity index is 1.87. The van der Waals surface area contributed by atoms with Gasteiger partial charge in [-0.3, -0.25) is 9.59 Å². The summed E-state index contributed by atoms with van der Waals surface area (Å²) >= 11 is 0. The number of amides is 2. The average molecular weight is 335 g/mol. The molecule has 0 saturated heterocycles. The van der Waals surface area contributed by atoms with Crippen molar-refractivity contribution in [1.29, 1.82) is 0 Å². The van der Waals surface area contributed by atoms with E-state index in [0.717, 1.165) is 32.1 Å². The van der Waals surface area contributed by atoms with Crippen molar-refractivity contribution in [2.24, 2.45) is 22.7 Å². The molecule has 136 valence electrons. The molecule has 4 fully saturated rings. The van der Waals surface area contributed by atoms with E-state index in [1.807, 2.05) is 41.5 Å². The van der Waals surface area contributed by atoms with Crippen LogP contribution in [-0.4, -0.2) is 22.9 Å². The molecule has 4 rings (SSSR count). The summed E-state index contributed by atoms with van der Waals surface area (Å²) in [6.45, 7) is 12.2. The summed E-state index contributed by atoms with van der Waals surface area (Å²) in [4.78, 5) is 26.2. The SMILES string of the molecule is CC(C)(C)NC(=O)C12CC3CC(C1)CC(C(=O)NC(C)(C)C)(C3)C2. The number of hydrogen-bond acceptors (Lipinski definition) is 2. The van der Waals surface area contributed by atoms with Crippen molar-refractivity contribution in [3.8, 4) is 0 Å². The Labute approximate surface area is 146 Å². The fourth-order valence-electron chi connectivity index (χ4n) is 5.74. The van der Waals surface area contributed by atoms with Crippen molar-refractivity contribution >= 4 is 11.8 Å². The van der Waals surface area contributed by atoms with Crippen LogP contribution in [0.15, 0.2) is 0 Å². The van der Waals surface area contributed by atoms with Crippen LogP contribution in [0.4, 0.5) is 0 Å². The smallest absolute Gasteiger partial charge is 0.226 e. The molecule has 0 heterocycles. The minimum Gasteiger partial charge on any atom is -0.351 e. The third-order valence-electron chi connectivity index (χ3n) is 6.00. The summed E-state index contributed by atoms with van der Waals surface area (Å²) in [5.74, 6) is 1.42. The summed E-state index contributed by atoms with van der Waals surface area (Å²) in [6.07, 6.45) is 5.81. The van der Waals surface area contributed by atoms with Crippen LogP contribution in [0, 0.1) is 22.7 Å². The van der Waals surface area contributed by atoms with E-state index in [-0.39, 0.29) is 33.7 Å². The highest BCUT2D eigenvalue weighted by Crippen LogP contribution is 2.65. The first-order valence-corrected chi connectivity index (χ1v) is 9.48. The maximum Gasteiger partial charge on any atom is 0.226 e. The Morgan fingerprint density at radius 3 is 1.38 bits per heavy atom. The van der Waals surface area contributed by atoms with Gasteiger partial charge in [-0.1, -0.05) is 0 Å². The second kappa shape index (κ2) is 5.22. The zero-order valence-corrected chi connectivity index (χ0v) is 16.2. The van der Waals surface area contributed by atoms with E-state index in [0.29, 0.717) is 11.8 Å². The van der Waals surface area contributed by atoms with Crippen molar-refractivity contribution in [2.75, 3.05) is 0 Å². The largest absolute Gasteiger partial charge is 0.351 e. The maximum atomic E-state index is 13.1. The summed E-state index contributed by atoms with van der Waals surface area (Å²) in [5.41, 5.74) is -1.10. The molecule has 24 heavy (non-hydrogen) atoms. The van der Waals surface area contributed by atoms with Crippen LogP contribution in [-0.2, 0) is 9.59 Å². The highest BCUT2D eigenvalue weighted by Gasteiger charge is 2.63. The molecule has 4 nitrogen and oxygen atoms in total. The summed E-state index contributed by atoms with van der Waals surface area (Å²) < 4.78 is 0. The van der Waals surface area contributed by atoms with Crippen molar-refractivity contribution < 1.29 is 9.59 Å². The number of carbonyl (C=O) groups is 2. The molecular formula is C20H34N2O2. The molecule has 0 aliphatic heterocycles. The van der Waals surface area contributed by atoms with E-state index >= 15 is 0 Å². The van der Waals surface area contributed by atoms with Crippen LogP contribution in [0.25, 0.3) is 0 Å². The van der Waals surface area contributed by atoms with Crippen molar-refractivity contribution in [2.45, 2.75) is 91.1 Å². The van der Waals surface area contributed by atoms with Crippen LogP contribution >= 0.6 is 0 Å². The van der Waals surface area contributed by atoms with Crippen molar-refractivity contribution in [3.63, 3.8) is 0 Å². The monoisotopic (exact) mass is 334 g/mol. The third kappa shape index (κ3) is 3.21. The molecule has 0 radical (unpaired) electrons. The second-order valence-electron chi connectivity index (χ2n) is 10.9. The maximum absolute atomic E-state index is 13.1. The van der Waals surface area contributed by atoms with Gasteiger partial charge in [0.1, 0.15) is 0 Å². The van der Waals surface area contributed by atoms with Crippen molar-refractivity contribution in [3.05, 3.63) is 0 Å². The highest BCUT2D eigenvalue weighted by molar-refractivity contribution is 5.88. The van der Waals surface area contributed by atoms with Gasteiger partial charge >= 0.3 is 0 Å². The van der Waals surface area contributed by atoms with Gasteiger partial charge in [-0.05, 0) is 91.9 Å². The first-order valence-electron chi connectivity index (χ1n) is 9.48. The first kappa shape index (κ1) is 17.8. The molecular weight excluding hydrogens is 300 g/mol. The standard InChI is InChI=1S/C20H34N2O2/c1-17(2,3)21-15(23)19-8-13-7-14(9-19)11-20(10-13,12-19)16(24)22-18(4,5)6/h13-14H,7-12H2,1-6H3,(H,21,23)(H,22,24). The molecule has 4 aliphatic carbocycles. The molecule has 4 heteroatoms. The lowest BCUT2D eigenvalue weighted by molar-refractivity contribution is -0.169. The molecule has 4 aliphatic rings. The quantitative estimate of drug-likeness (QED) is 0.813. The van der Waals surface area contributed by atoms with Gasteiger partial charge in [0.05, 0.1) is 10.8 Å². The van der Waals surface area contributed by atoms with E-state index in [9.17, 15) is 9.59 Å². The Kier molecular flexibility index (Phi) is 3.86. The number of carbonyl (C=O) groups excluding carboxylic acids is 2. The minimum absolute atomic E-state index is 0.178. The minimum atomic E-state index is -0.327. The zero-order chi connectivity index (χ0) is 18.0. The Morgan fingerprint density at radius 2 is 1.08 bits per heavy atom. The van der Waals surface area contributed by atoms with Gasteiger partial charge in [0.25, 0.3) is 0 Å². The van der Waals surface area contributed by atoms with E-state index in [1.165, 1.54) is 6.42 Å². The Hall–Kier alpha value is -1.06. The summed E-state index contributed by atoms with van der Waals surface area (Å²) in [7, 11) is 0. The molecule has 0 unspecified atom stereocenters. The fraction of sp³-hybridized carbons (Fsp3) is 0.900. The first-order chi connectivity index (χ1) is 10.8. The lowest BCUT2D eigenvalue weighted by Crippen LogP contribution is -2.63. The van der Waals surface area contributed by atoms with Gasteiger partial charge in [0.15, 0.2) is 0 Å². The van der Waals surface area contributed by atoms with Gasteiger partial charge in [0, 0.05) is 11.1 Å². The van der Waals surface area contributed by atoms with Gasteiger partial charge in [-0.25, -0.2) is 0 Å². The normalized spacial score (nSPS) is 38.1. The van der Waals surface area contributed by atoms with Crippen LogP contribution in [0.1, 0.15) is 80.1 Å². The lowest BCUT2D eigenvalue weighted by Gasteiger charge is -2.60. The second-order valence-corrected chi connectivity index (χ2v) is 10.9. The molecule has 2 N–H and O–H groups in total. The predicted octanol–water partition coefficient (Wildman–Crippen LogP) is 3.40. The number of hydrogen-bond donors (Lipinski definition) is 2. The molecule has 2 amide bonds. The van der Waals surface area contributed by atoms with Crippen molar-refractivity contribution in [1.82, 2.24) is 10.6 Å². The topological polar surface area (TPSA) is 58.2 Å². The molecule has 0 aromatic carbocycles. The van der Waals surface area contributed by atoms with Crippen LogP contribution < -0.4 is 10.6 Å². The zero-order valence-electron chi connectivity index (χ0n) is 16.2. The lowest BCUT2D eigenvalue weighted by atomic mass is 9.43. The predicted molar refractivity (Wildman–Crippen MR) is 95.3 cm³/mol. The van der Waals surface area contributed by atoms with E-state index in [1.54, 1.807) is 0 Å². The summed E-state index contributed by atoms with van der Waals surface area (Å²) in [5, 5.41) is 6.42. The molecule has 4 bridgehead atoms. The van der Waals surface area contributed by atoms with Gasteiger partial charge in [-0.15, -0.1) is 0 Å². The van der Waals surface area contributed by atoms with E-state index < -0.39 is 0 Å². The van der Waals surface area contributed by atoms with Gasteiger partial charge in [0.2, 0.25) is 11.8 Å². The van der Waals surface area contributed by atoms with Gasteiger partial charge < -0.3 is 10.6 Å². The third-order valence-corrected chi connectivity index (χ3v) is 6.00. The number of nitrogens with one attached hydrogen (secondary N) is 2. The van der Waals surface area contributed by atoms with Gasteiger partial charge in [-0.2, -0.15) is 0 Å². The van der Waals surface area contributed by atoms with Crippen LogP contribution in [0.3, 0.4) is 0 Å². The van der Waals surface area contributed by atoms with Crippen LogP contribution in [0.2, 0.25) is 0 Å². The molecule has 0 aromatic rings. The molecule has 0 spiro atoms. The van der Waals surface area contributed by atoms with E-state index in [2.05, 4.69) is 10.6 Å². The average Bonchev–Trinajstić information content (AvgIpc) is 2.32. The highest BCUT2D eigenvalue weighted by atomic mass is 16.2. The van der Waals surface area contributed by atoms with E-state index in [4.69, 9.17) is 0 Å². The number of rotatable bonds is 2. The molecule has 0 aromatic heterocycles.